The molecule has 0 aliphatic carbocycles. The van der Waals surface area contributed by atoms with Crippen molar-refractivity contribution in [3.8, 4) is 22.3 Å². The van der Waals surface area contributed by atoms with Crippen molar-refractivity contribution in [3.63, 3.8) is 0 Å². The standard InChI is InChI=1S/C21H13ClFN/c22-16-8-6-14(7-9-16)19-13-24-20-11-10-17(23)12-18(20)21(19)15-4-2-1-3-5-15/h1-13H. The lowest BCUT2D eigenvalue weighted by Crippen LogP contribution is -1.91. The lowest BCUT2D eigenvalue weighted by atomic mass is 9.92. The fourth-order valence-electron chi connectivity index (χ4n) is 2.93. The molecule has 0 saturated heterocycles. The highest BCUT2D eigenvalue weighted by atomic mass is 35.5. The lowest BCUT2D eigenvalue weighted by Gasteiger charge is -2.13. The quantitative estimate of drug-likeness (QED) is 0.416. The summed E-state index contributed by atoms with van der Waals surface area (Å²) in [4.78, 5) is 4.51. The topological polar surface area (TPSA) is 12.9 Å². The Morgan fingerprint density at radius 3 is 2.29 bits per heavy atom. The smallest absolute Gasteiger partial charge is 0.123 e. The number of halogens is 2. The molecule has 116 valence electrons. The minimum atomic E-state index is -0.269. The van der Waals surface area contributed by atoms with Crippen LogP contribution in [0, 0.1) is 5.82 Å². The zero-order valence-corrected chi connectivity index (χ0v) is 13.5. The lowest BCUT2D eigenvalue weighted by molar-refractivity contribution is 0.629. The van der Waals surface area contributed by atoms with E-state index < -0.39 is 0 Å². The molecule has 1 nitrogen and oxygen atoms in total. The van der Waals surface area contributed by atoms with Crippen LogP contribution in [0.25, 0.3) is 33.2 Å². The van der Waals surface area contributed by atoms with Gasteiger partial charge in [-0.15, -0.1) is 0 Å². The third kappa shape index (κ3) is 2.66. The summed E-state index contributed by atoms with van der Waals surface area (Å²) in [5.41, 5.74) is 4.73. The van der Waals surface area contributed by atoms with Gasteiger partial charge in [-0.25, -0.2) is 4.39 Å². The Kier molecular flexibility index (Phi) is 3.75. The Balaban J connectivity index is 2.08. The molecule has 0 unspecified atom stereocenters. The summed E-state index contributed by atoms with van der Waals surface area (Å²) >= 11 is 6.01. The Morgan fingerprint density at radius 1 is 0.792 bits per heavy atom. The predicted octanol–water partition coefficient (Wildman–Crippen LogP) is 6.36. The molecule has 24 heavy (non-hydrogen) atoms. The maximum atomic E-state index is 13.9. The van der Waals surface area contributed by atoms with Gasteiger partial charge in [-0.3, -0.25) is 4.98 Å². The monoisotopic (exact) mass is 333 g/mol. The van der Waals surface area contributed by atoms with Crippen LogP contribution in [0.1, 0.15) is 0 Å². The van der Waals surface area contributed by atoms with Crippen molar-refractivity contribution in [1.29, 1.82) is 0 Å². The van der Waals surface area contributed by atoms with Crippen LogP contribution in [0.2, 0.25) is 5.02 Å². The van der Waals surface area contributed by atoms with E-state index in [-0.39, 0.29) is 5.82 Å². The van der Waals surface area contributed by atoms with Crippen LogP contribution in [0.15, 0.2) is 79.0 Å². The number of benzene rings is 3. The molecule has 0 N–H and O–H groups in total. The number of fused-ring (bicyclic) bond motifs is 1. The number of rotatable bonds is 2. The maximum Gasteiger partial charge on any atom is 0.123 e. The molecule has 0 atom stereocenters. The van der Waals surface area contributed by atoms with E-state index in [0.717, 1.165) is 33.2 Å². The molecule has 0 spiro atoms. The van der Waals surface area contributed by atoms with Crippen LogP contribution in [0.4, 0.5) is 4.39 Å². The minimum absolute atomic E-state index is 0.269. The number of hydrogen-bond donors (Lipinski definition) is 0. The highest BCUT2D eigenvalue weighted by Crippen LogP contribution is 2.37. The van der Waals surface area contributed by atoms with Crippen molar-refractivity contribution < 1.29 is 4.39 Å². The predicted molar refractivity (Wildman–Crippen MR) is 97.6 cm³/mol. The molecular weight excluding hydrogens is 321 g/mol. The van der Waals surface area contributed by atoms with E-state index in [1.807, 2.05) is 60.8 Å². The first-order valence-electron chi connectivity index (χ1n) is 7.62. The Hall–Kier alpha value is -2.71. The molecule has 1 aromatic heterocycles. The summed E-state index contributed by atoms with van der Waals surface area (Å²) in [7, 11) is 0. The van der Waals surface area contributed by atoms with Gasteiger partial charge in [0.1, 0.15) is 5.82 Å². The van der Waals surface area contributed by atoms with Gasteiger partial charge >= 0.3 is 0 Å². The molecule has 4 rings (SSSR count). The van der Waals surface area contributed by atoms with Gasteiger partial charge in [0.2, 0.25) is 0 Å². The van der Waals surface area contributed by atoms with Crippen LogP contribution in [0.3, 0.4) is 0 Å². The Labute approximate surface area is 144 Å². The second kappa shape index (κ2) is 6.06. The van der Waals surface area contributed by atoms with Gasteiger partial charge in [-0.2, -0.15) is 0 Å². The first-order valence-corrected chi connectivity index (χ1v) is 8.00. The van der Waals surface area contributed by atoms with Gasteiger partial charge in [-0.05, 0) is 41.5 Å². The van der Waals surface area contributed by atoms with E-state index >= 15 is 0 Å². The molecule has 0 bridgehead atoms. The van der Waals surface area contributed by atoms with E-state index in [1.54, 1.807) is 12.1 Å². The highest BCUT2D eigenvalue weighted by Gasteiger charge is 2.13. The van der Waals surface area contributed by atoms with E-state index in [1.165, 1.54) is 6.07 Å². The molecule has 0 radical (unpaired) electrons. The Bertz CT molecular complexity index is 1010. The molecule has 0 amide bonds. The minimum Gasteiger partial charge on any atom is -0.256 e. The third-order valence-corrected chi connectivity index (χ3v) is 4.30. The number of nitrogens with zero attached hydrogens (tertiary/aromatic N) is 1. The molecule has 0 fully saturated rings. The first-order chi connectivity index (χ1) is 11.7. The fraction of sp³-hybridized carbons (Fsp3) is 0. The average Bonchev–Trinajstić information content (AvgIpc) is 2.62. The highest BCUT2D eigenvalue weighted by molar-refractivity contribution is 6.30. The third-order valence-electron chi connectivity index (χ3n) is 4.05. The molecule has 3 aromatic carbocycles. The SMILES string of the molecule is Fc1ccc2ncc(-c3ccc(Cl)cc3)c(-c3ccccc3)c2c1. The number of aromatic nitrogens is 1. The van der Waals surface area contributed by atoms with Gasteiger partial charge in [0.05, 0.1) is 5.52 Å². The summed E-state index contributed by atoms with van der Waals surface area (Å²) in [6, 6.07) is 22.3. The van der Waals surface area contributed by atoms with Gasteiger partial charge in [0, 0.05) is 27.7 Å². The van der Waals surface area contributed by atoms with Crippen molar-refractivity contribution in [2.45, 2.75) is 0 Å². The summed E-state index contributed by atoms with van der Waals surface area (Å²) < 4.78 is 13.9. The zero-order valence-electron chi connectivity index (χ0n) is 12.7. The van der Waals surface area contributed by atoms with Gasteiger partial charge in [0.15, 0.2) is 0 Å². The van der Waals surface area contributed by atoms with Crippen molar-refractivity contribution in [3.05, 3.63) is 89.8 Å². The zero-order chi connectivity index (χ0) is 16.5. The van der Waals surface area contributed by atoms with E-state index in [2.05, 4.69) is 4.98 Å². The van der Waals surface area contributed by atoms with Crippen LogP contribution in [-0.2, 0) is 0 Å². The normalized spacial score (nSPS) is 10.9. The molecule has 3 heteroatoms. The molecular formula is C21H13ClFN. The van der Waals surface area contributed by atoms with Crippen molar-refractivity contribution in [1.82, 2.24) is 4.98 Å². The molecule has 0 aliphatic heterocycles. The van der Waals surface area contributed by atoms with Crippen molar-refractivity contribution in [2.24, 2.45) is 0 Å². The number of pyridine rings is 1. The maximum absolute atomic E-state index is 13.9. The van der Waals surface area contributed by atoms with Gasteiger partial charge in [0.25, 0.3) is 0 Å². The second-order valence-electron chi connectivity index (χ2n) is 5.58. The molecule has 1 heterocycles. The van der Waals surface area contributed by atoms with Crippen molar-refractivity contribution >= 4 is 22.5 Å². The van der Waals surface area contributed by atoms with E-state index in [4.69, 9.17) is 11.6 Å². The summed E-state index contributed by atoms with van der Waals surface area (Å²) in [6.07, 6.45) is 1.84. The number of hydrogen-bond acceptors (Lipinski definition) is 1. The van der Waals surface area contributed by atoms with Crippen LogP contribution in [0.5, 0.6) is 0 Å². The van der Waals surface area contributed by atoms with Gasteiger partial charge in [-0.1, -0.05) is 54.1 Å². The average molecular weight is 334 g/mol. The van der Waals surface area contributed by atoms with E-state index in [0.29, 0.717) is 5.02 Å². The largest absolute Gasteiger partial charge is 0.256 e. The van der Waals surface area contributed by atoms with E-state index in [9.17, 15) is 4.39 Å². The first kappa shape index (κ1) is 14.9. The molecule has 0 aliphatic rings. The van der Waals surface area contributed by atoms with Crippen LogP contribution in [-0.4, -0.2) is 4.98 Å². The summed E-state index contributed by atoms with van der Waals surface area (Å²) in [6.45, 7) is 0. The second-order valence-corrected chi connectivity index (χ2v) is 6.02. The van der Waals surface area contributed by atoms with Crippen LogP contribution >= 0.6 is 11.6 Å². The summed E-state index contributed by atoms with van der Waals surface area (Å²) in [5.74, 6) is -0.269. The Morgan fingerprint density at radius 2 is 1.54 bits per heavy atom. The van der Waals surface area contributed by atoms with Gasteiger partial charge < -0.3 is 0 Å². The molecule has 0 saturated carbocycles. The molecule has 4 aromatic rings. The fourth-order valence-corrected chi connectivity index (χ4v) is 3.05. The van der Waals surface area contributed by atoms with Crippen LogP contribution < -0.4 is 0 Å². The summed E-state index contributed by atoms with van der Waals surface area (Å²) in [5, 5.41) is 1.48. The van der Waals surface area contributed by atoms with Crippen molar-refractivity contribution in [2.75, 3.05) is 0 Å².